The summed E-state index contributed by atoms with van der Waals surface area (Å²) >= 11 is 0. The van der Waals surface area contributed by atoms with Crippen LogP contribution >= 0.6 is 0 Å². The number of benzene rings is 2. The fourth-order valence-electron chi connectivity index (χ4n) is 3.09. The van der Waals surface area contributed by atoms with E-state index in [2.05, 4.69) is 21.0 Å². The average Bonchev–Trinajstić information content (AvgIpc) is 3.04. The van der Waals surface area contributed by atoms with E-state index >= 15 is 0 Å². The van der Waals surface area contributed by atoms with Crippen LogP contribution in [0, 0.1) is 0 Å². The van der Waals surface area contributed by atoms with Crippen LogP contribution in [0.2, 0.25) is 0 Å². The maximum Gasteiger partial charge on any atom is 0.338 e. The van der Waals surface area contributed by atoms with Gasteiger partial charge in [-0.05, 0) is 24.4 Å². The van der Waals surface area contributed by atoms with Crippen LogP contribution < -0.4 is 16.0 Å². The first-order chi connectivity index (χ1) is 12.7. The number of hydrogen-bond donors (Lipinski definition) is 3. The molecule has 0 bridgehead atoms. The molecule has 3 rings (SSSR count). The maximum atomic E-state index is 12.3. The molecule has 0 aliphatic heterocycles. The van der Waals surface area contributed by atoms with Gasteiger partial charge in [-0.15, -0.1) is 5.10 Å². The summed E-state index contributed by atoms with van der Waals surface area (Å²) in [5.74, 6) is 1.23. The molecule has 0 aliphatic rings. The third-order valence-electron chi connectivity index (χ3n) is 4.23. The highest BCUT2D eigenvalue weighted by Gasteiger charge is 2.20. The lowest BCUT2D eigenvalue weighted by Crippen LogP contribution is -2.08. The Kier molecular flexibility index (Phi) is 4.97. The van der Waals surface area contributed by atoms with Crippen LogP contribution in [-0.4, -0.2) is 43.5 Å². The molecule has 0 spiro atoms. The molecule has 0 saturated carbocycles. The average molecular weight is 353 g/mol. The number of hydrogen-bond acceptors (Lipinski definition) is 6. The number of fused-ring (bicyclic) bond motifs is 1. The van der Waals surface area contributed by atoms with Crippen molar-refractivity contribution in [2.24, 2.45) is 0 Å². The smallest absolute Gasteiger partial charge is 0.338 e. The molecule has 0 aliphatic carbocycles. The van der Waals surface area contributed by atoms with Gasteiger partial charge < -0.3 is 20.7 Å². The van der Waals surface area contributed by atoms with Crippen LogP contribution in [0.1, 0.15) is 17.3 Å². The Morgan fingerprint density at radius 2 is 1.77 bits per heavy atom. The zero-order valence-electron chi connectivity index (χ0n) is 15.4. The van der Waals surface area contributed by atoms with Gasteiger partial charge in [0.25, 0.3) is 0 Å². The van der Waals surface area contributed by atoms with Gasteiger partial charge in [0.05, 0.1) is 17.9 Å². The normalized spacial score (nSPS) is 10.6. The molecule has 7 nitrogen and oxygen atoms in total. The van der Waals surface area contributed by atoms with Crippen LogP contribution in [-0.2, 0) is 4.74 Å². The van der Waals surface area contributed by atoms with Crippen LogP contribution in [0.3, 0.4) is 0 Å². The van der Waals surface area contributed by atoms with Gasteiger partial charge in [0.15, 0.2) is 11.6 Å². The molecule has 1 aromatic heterocycles. The molecule has 3 N–H and O–H groups in total. The largest absolute Gasteiger partial charge is 0.462 e. The van der Waals surface area contributed by atoms with Crippen molar-refractivity contribution in [3.63, 3.8) is 0 Å². The minimum atomic E-state index is -0.323. The van der Waals surface area contributed by atoms with Gasteiger partial charge in [0.1, 0.15) is 5.69 Å². The van der Waals surface area contributed by atoms with Crippen molar-refractivity contribution in [3.05, 3.63) is 42.0 Å². The van der Waals surface area contributed by atoms with Crippen LogP contribution in [0.25, 0.3) is 16.5 Å². The summed E-state index contributed by atoms with van der Waals surface area (Å²) in [5.41, 5.74) is 2.29. The number of nitrogens with zero attached hydrogens (tertiary/aromatic N) is 2. The maximum absolute atomic E-state index is 12.3. The van der Waals surface area contributed by atoms with E-state index in [1.54, 1.807) is 13.0 Å². The molecular formula is C19H23N5O2. The van der Waals surface area contributed by atoms with Crippen LogP contribution in [0.5, 0.6) is 0 Å². The lowest BCUT2D eigenvalue weighted by atomic mass is 10.0. The second-order valence-electron chi connectivity index (χ2n) is 5.63. The van der Waals surface area contributed by atoms with Gasteiger partial charge in [0, 0.05) is 26.5 Å². The van der Waals surface area contributed by atoms with Gasteiger partial charge in [0.2, 0.25) is 0 Å². The van der Waals surface area contributed by atoms with Crippen molar-refractivity contribution in [1.82, 2.24) is 9.78 Å². The summed E-state index contributed by atoms with van der Waals surface area (Å²) in [6.07, 6.45) is 0. The number of ether oxygens (including phenoxy) is 1. The van der Waals surface area contributed by atoms with E-state index < -0.39 is 0 Å². The number of carbonyl (C=O) groups excluding carboxylic acids is 1. The van der Waals surface area contributed by atoms with Gasteiger partial charge >= 0.3 is 5.97 Å². The van der Waals surface area contributed by atoms with Gasteiger partial charge in [-0.3, -0.25) is 0 Å². The lowest BCUT2D eigenvalue weighted by Gasteiger charge is -2.13. The second-order valence-corrected chi connectivity index (χ2v) is 5.63. The zero-order chi connectivity index (χ0) is 18.7. The Balaban J connectivity index is 2.27. The van der Waals surface area contributed by atoms with Crippen molar-refractivity contribution in [1.29, 1.82) is 0 Å². The third-order valence-corrected chi connectivity index (χ3v) is 4.23. The van der Waals surface area contributed by atoms with Crippen molar-refractivity contribution in [2.45, 2.75) is 6.92 Å². The van der Waals surface area contributed by atoms with E-state index in [1.165, 1.54) is 0 Å². The minimum Gasteiger partial charge on any atom is -0.462 e. The summed E-state index contributed by atoms with van der Waals surface area (Å²) in [7, 11) is 5.53. The van der Waals surface area contributed by atoms with Gasteiger partial charge in [-0.25, -0.2) is 9.48 Å². The van der Waals surface area contributed by atoms with E-state index in [4.69, 9.17) is 4.74 Å². The van der Waals surface area contributed by atoms with Gasteiger partial charge in [-0.1, -0.05) is 24.3 Å². The molecular weight excluding hydrogens is 330 g/mol. The first-order valence-corrected chi connectivity index (χ1v) is 8.51. The monoisotopic (exact) mass is 353 g/mol. The predicted molar refractivity (Wildman–Crippen MR) is 106 cm³/mol. The van der Waals surface area contributed by atoms with Crippen LogP contribution in [0.15, 0.2) is 36.4 Å². The van der Waals surface area contributed by atoms with Crippen molar-refractivity contribution in [2.75, 3.05) is 43.7 Å². The number of anilines is 3. The zero-order valence-corrected chi connectivity index (χ0v) is 15.4. The Hall–Kier alpha value is -3.22. The molecule has 26 heavy (non-hydrogen) atoms. The Bertz CT molecular complexity index is 948. The van der Waals surface area contributed by atoms with E-state index in [0.717, 1.165) is 33.8 Å². The molecule has 0 atom stereocenters. The van der Waals surface area contributed by atoms with Crippen molar-refractivity contribution in [3.8, 4) is 5.69 Å². The molecule has 1 heterocycles. The first kappa shape index (κ1) is 17.6. The Morgan fingerprint density at radius 3 is 2.38 bits per heavy atom. The number of esters is 1. The van der Waals surface area contributed by atoms with E-state index in [-0.39, 0.29) is 5.97 Å². The highest BCUT2D eigenvalue weighted by molar-refractivity contribution is 6.07. The summed E-state index contributed by atoms with van der Waals surface area (Å²) in [6, 6.07) is 11.4. The Morgan fingerprint density at radius 1 is 1.04 bits per heavy atom. The molecule has 136 valence electrons. The van der Waals surface area contributed by atoms with Crippen molar-refractivity contribution >= 4 is 34.1 Å². The molecule has 7 heteroatoms. The van der Waals surface area contributed by atoms with E-state index in [1.807, 2.05) is 56.2 Å². The summed E-state index contributed by atoms with van der Waals surface area (Å²) in [4.78, 5) is 12.3. The number of rotatable bonds is 6. The number of carbonyl (C=O) groups is 1. The van der Waals surface area contributed by atoms with E-state index in [0.29, 0.717) is 12.2 Å². The summed E-state index contributed by atoms with van der Waals surface area (Å²) in [5, 5.41) is 15.9. The Labute approximate surface area is 152 Å². The first-order valence-electron chi connectivity index (χ1n) is 8.51. The minimum absolute atomic E-state index is 0.323. The molecule has 0 radical (unpaired) electrons. The topological polar surface area (TPSA) is 80.2 Å². The number of nitrogens with one attached hydrogen (secondary N) is 3. The molecule has 0 unspecified atom stereocenters. The molecule has 0 fully saturated rings. The molecule has 2 aromatic carbocycles. The molecule has 0 amide bonds. The van der Waals surface area contributed by atoms with E-state index in [9.17, 15) is 4.79 Å². The number of aromatic nitrogens is 2. The fourth-order valence-corrected chi connectivity index (χ4v) is 3.09. The standard InChI is InChI=1S/C19H23N5O2/c1-5-26-19(25)14-10-11-15(13-9-7-6-8-12(13)14)24-18(22-4)16(20-2)17(21-3)23-24/h6-11,20,22H,5H2,1-4H3,(H,21,23). The van der Waals surface area contributed by atoms with Gasteiger partial charge in [-0.2, -0.15) is 0 Å². The lowest BCUT2D eigenvalue weighted by molar-refractivity contribution is 0.0528. The SMILES string of the molecule is CCOC(=O)c1ccc(-n2nc(NC)c(NC)c2NC)c2ccccc12. The fraction of sp³-hybridized carbons (Fsp3) is 0.263. The molecule has 3 aromatic rings. The second kappa shape index (κ2) is 7.35. The van der Waals surface area contributed by atoms with Crippen LogP contribution in [0.4, 0.5) is 17.3 Å². The highest BCUT2D eigenvalue weighted by Crippen LogP contribution is 2.35. The third kappa shape index (κ3) is 2.81. The summed E-state index contributed by atoms with van der Waals surface area (Å²) < 4.78 is 7.02. The van der Waals surface area contributed by atoms with Crippen molar-refractivity contribution < 1.29 is 9.53 Å². The molecule has 0 saturated heterocycles. The summed E-state index contributed by atoms with van der Waals surface area (Å²) in [6.45, 7) is 2.14. The highest BCUT2D eigenvalue weighted by atomic mass is 16.5. The predicted octanol–water partition coefficient (Wildman–Crippen LogP) is 3.33. The quantitative estimate of drug-likeness (QED) is 0.590.